The topological polar surface area (TPSA) is 43.8 Å². The van der Waals surface area contributed by atoms with Gasteiger partial charge in [0, 0.05) is 12.0 Å². The molecule has 2 rings (SSSR count). The Morgan fingerprint density at radius 1 is 1.41 bits per heavy atom. The molecule has 0 saturated heterocycles. The first-order valence-corrected chi connectivity index (χ1v) is 5.81. The molecule has 0 radical (unpaired) electrons. The predicted octanol–water partition coefficient (Wildman–Crippen LogP) is 3.10. The fourth-order valence-corrected chi connectivity index (χ4v) is 2.06. The van der Waals surface area contributed by atoms with Crippen LogP contribution in [0.15, 0.2) is 30.9 Å². The number of imidazole rings is 1. The van der Waals surface area contributed by atoms with E-state index in [0.717, 1.165) is 29.1 Å². The van der Waals surface area contributed by atoms with Gasteiger partial charge in [0.15, 0.2) is 0 Å². The molecular formula is C14H19N3. The molecule has 90 valence electrons. The van der Waals surface area contributed by atoms with E-state index in [4.69, 9.17) is 10.7 Å². The lowest BCUT2D eigenvalue weighted by Crippen LogP contribution is -2.18. The highest BCUT2D eigenvalue weighted by atomic mass is 15.1. The van der Waals surface area contributed by atoms with Crippen molar-refractivity contribution in [1.29, 1.82) is 0 Å². The second-order valence-corrected chi connectivity index (χ2v) is 5.30. The summed E-state index contributed by atoms with van der Waals surface area (Å²) in [4.78, 5) is 4.69. The summed E-state index contributed by atoms with van der Waals surface area (Å²) in [7, 11) is 0. The van der Waals surface area contributed by atoms with Gasteiger partial charge in [0.1, 0.15) is 11.3 Å². The van der Waals surface area contributed by atoms with E-state index in [2.05, 4.69) is 38.0 Å². The predicted molar refractivity (Wildman–Crippen MR) is 73.0 cm³/mol. The third-order valence-electron chi connectivity index (χ3n) is 2.79. The lowest BCUT2D eigenvalue weighted by Gasteiger charge is -2.19. The molecule has 0 unspecified atom stereocenters. The van der Waals surface area contributed by atoms with Crippen LogP contribution < -0.4 is 5.73 Å². The van der Waals surface area contributed by atoms with Crippen LogP contribution in [0.1, 0.15) is 26.6 Å². The number of hydrogen-bond acceptors (Lipinski definition) is 2. The number of nitrogen functional groups attached to an aromatic ring is 1. The minimum absolute atomic E-state index is 0.00549. The van der Waals surface area contributed by atoms with Gasteiger partial charge in [0.25, 0.3) is 0 Å². The van der Waals surface area contributed by atoms with Gasteiger partial charge in [-0.2, -0.15) is 0 Å². The minimum Gasteiger partial charge on any atom is -0.397 e. The smallest absolute Gasteiger partial charge is 0.115 e. The monoisotopic (exact) mass is 229 g/mol. The number of benzene rings is 1. The number of nitrogens with two attached hydrogens (primary N) is 1. The van der Waals surface area contributed by atoms with Gasteiger partial charge in [0.05, 0.1) is 11.2 Å². The molecule has 1 heterocycles. The molecule has 0 spiro atoms. The van der Waals surface area contributed by atoms with Crippen LogP contribution in [0.25, 0.3) is 11.0 Å². The van der Waals surface area contributed by atoms with Crippen LogP contribution in [0, 0.1) is 0 Å². The molecule has 2 aromatic rings. The highest BCUT2D eigenvalue weighted by Gasteiger charge is 2.22. The van der Waals surface area contributed by atoms with Gasteiger partial charge in [-0.05, 0) is 12.1 Å². The van der Waals surface area contributed by atoms with Gasteiger partial charge in [-0.15, -0.1) is 6.58 Å². The van der Waals surface area contributed by atoms with E-state index >= 15 is 0 Å². The molecular weight excluding hydrogens is 210 g/mol. The average Bonchev–Trinajstić information content (AvgIpc) is 2.59. The van der Waals surface area contributed by atoms with E-state index in [1.807, 2.05) is 18.2 Å². The molecule has 2 N–H and O–H groups in total. The van der Waals surface area contributed by atoms with Crippen molar-refractivity contribution in [2.24, 2.45) is 0 Å². The van der Waals surface area contributed by atoms with Crippen LogP contribution in [0.5, 0.6) is 0 Å². The summed E-state index contributed by atoms with van der Waals surface area (Å²) in [6, 6.07) is 5.91. The van der Waals surface area contributed by atoms with Gasteiger partial charge in [-0.25, -0.2) is 4.98 Å². The number of anilines is 1. The SMILES string of the molecule is C=CCn1c(C(C)(C)C)nc2c(N)cccc21. The van der Waals surface area contributed by atoms with Gasteiger partial charge in [-0.1, -0.05) is 32.9 Å². The molecule has 17 heavy (non-hydrogen) atoms. The Morgan fingerprint density at radius 3 is 2.71 bits per heavy atom. The van der Waals surface area contributed by atoms with Crippen LogP contribution in [-0.4, -0.2) is 9.55 Å². The molecule has 0 bridgehead atoms. The first-order chi connectivity index (χ1) is 7.95. The van der Waals surface area contributed by atoms with Crippen LogP contribution >= 0.6 is 0 Å². The fraction of sp³-hybridized carbons (Fsp3) is 0.357. The van der Waals surface area contributed by atoms with Crippen molar-refractivity contribution in [3.63, 3.8) is 0 Å². The number of rotatable bonds is 2. The molecule has 0 amide bonds. The largest absolute Gasteiger partial charge is 0.397 e. The Labute approximate surface area is 102 Å². The lowest BCUT2D eigenvalue weighted by molar-refractivity contribution is 0.518. The summed E-state index contributed by atoms with van der Waals surface area (Å²) >= 11 is 0. The normalized spacial score (nSPS) is 11.9. The molecule has 0 atom stereocenters. The van der Waals surface area contributed by atoms with Gasteiger partial charge >= 0.3 is 0 Å². The summed E-state index contributed by atoms with van der Waals surface area (Å²) in [5.74, 6) is 1.05. The maximum absolute atomic E-state index is 5.98. The van der Waals surface area contributed by atoms with Crippen molar-refractivity contribution >= 4 is 16.7 Å². The zero-order valence-electron chi connectivity index (χ0n) is 10.7. The van der Waals surface area contributed by atoms with Crippen LogP contribution in [0.3, 0.4) is 0 Å². The van der Waals surface area contributed by atoms with E-state index in [1.54, 1.807) is 0 Å². The maximum Gasteiger partial charge on any atom is 0.115 e. The number of fused-ring (bicyclic) bond motifs is 1. The Bertz CT molecular complexity index is 559. The zero-order valence-corrected chi connectivity index (χ0v) is 10.7. The molecule has 0 aliphatic rings. The van der Waals surface area contributed by atoms with Gasteiger partial charge in [-0.3, -0.25) is 0 Å². The first-order valence-electron chi connectivity index (χ1n) is 5.81. The number of aromatic nitrogens is 2. The molecule has 0 aliphatic carbocycles. The molecule has 3 nitrogen and oxygen atoms in total. The Balaban J connectivity index is 2.79. The van der Waals surface area contributed by atoms with E-state index < -0.39 is 0 Å². The van der Waals surface area contributed by atoms with Crippen LogP contribution in [0.2, 0.25) is 0 Å². The summed E-state index contributed by atoms with van der Waals surface area (Å²) in [6.45, 7) is 11.0. The zero-order chi connectivity index (χ0) is 12.6. The van der Waals surface area contributed by atoms with Gasteiger partial charge in [0.2, 0.25) is 0 Å². The fourth-order valence-electron chi connectivity index (χ4n) is 2.06. The molecule has 0 fully saturated rings. The molecule has 3 heteroatoms. The maximum atomic E-state index is 5.98. The highest BCUT2D eigenvalue weighted by molar-refractivity contribution is 5.87. The molecule has 0 saturated carbocycles. The molecule has 1 aromatic heterocycles. The van der Waals surface area contributed by atoms with Crippen molar-refractivity contribution in [3.05, 3.63) is 36.7 Å². The Morgan fingerprint density at radius 2 is 2.12 bits per heavy atom. The highest BCUT2D eigenvalue weighted by Crippen LogP contribution is 2.28. The van der Waals surface area contributed by atoms with Crippen LogP contribution in [0.4, 0.5) is 5.69 Å². The molecule has 0 aliphatic heterocycles. The van der Waals surface area contributed by atoms with E-state index in [1.165, 1.54) is 0 Å². The lowest BCUT2D eigenvalue weighted by atomic mass is 9.95. The van der Waals surface area contributed by atoms with E-state index in [0.29, 0.717) is 0 Å². The summed E-state index contributed by atoms with van der Waals surface area (Å²) < 4.78 is 2.18. The quantitative estimate of drug-likeness (QED) is 0.635. The summed E-state index contributed by atoms with van der Waals surface area (Å²) in [5, 5.41) is 0. The number of hydrogen-bond donors (Lipinski definition) is 1. The van der Waals surface area contributed by atoms with Crippen molar-refractivity contribution in [1.82, 2.24) is 9.55 Å². The number of allylic oxidation sites excluding steroid dienone is 1. The third-order valence-corrected chi connectivity index (χ3v) is 2.79. The number of nitrogens with zero attached hydrogens (tertiary/aromatic N) is 2. The van der Waals surface area contributed by atoms with E-state index in [-0.39, 0.29) is 5.41 Å². The summed E-state index contributed by atoms with van der Waals surface area (Å²) in [5.41, 5.74) is 8.67. The second-order valence-electron chi connectivity index (χ2n) is 5.30. The van der Waals surface area contributed by atoms with Crippen LogP contribution in [-0.2, 0) is 12.0 Å². The third kappa shape index (κ3) is 1.93. The summed E-state index contributed by atoms with van der Waals surface area (Å²) in [6.07, 6.45) is 1.89. The number of para-hydroxylation sites is 1. The second kappa shape index (κ2) is 3.91. The van der Waals surface area contributed by atoms with Crippen molar-refractivity contribution < 1.29 is 0 Å². The van der Waals surface area contributed by atoms with Gasteiger partial charge < -0.3 is 10.3 Å². The van der Waals surface area contributed by atoms with Crippen molar-refractivity contribution in [2.45, 2.75) is 32.7 Å². The Hall–Kier alpha value is -1.77. The van der Waals surface area contributed by atoms with Crippen molar-refractivity contribution in [2.75, 3.05) is 5.73 Å². The Kier molecular flexibility index (Phi) is 2.69. The molecule has 1 aromatic carbocycles. The standard InChI is InChI=1S/C14H19N3/c1-5-9-17-11-8-6-7-10(15)12(11)16-13(17)14(2,3)4/h5-8H,1,9,15H2,2-4H3. The van der Waals surface area contributed by atoms with E-state index in [9.17, 15) is 0 Å². The minimum atomic E-state index is -0.00549. The average molecular weight is 229 g/mol. The van der Waals surface area contributed by atoms with Crippen molar-refractivity contribution in [3.8, 4) is 0 Å². The first kappa shape index (κ1) is 11.7.